The topological polar surface area (TPSA) is 82.7 Å². The third kappa shape index (κ3) is 2.63. The zero-order chi connectivity index (χ0) is 14.2. The number of hydrogen-bond donors (Lipinski definition) is 2. The first-order valence-electron chi connectivity index (χ1n) is 6.26. The van der Waals surface area contributed by atoms with E-state index in [1.165, 1.54) is 6.20 Å². The summed E-state index contributed by atoms with van der Waals surface area (Å²) in [4.78, 5) is 19.7. The van der Waals surface area contributed by atoms with Crippen LogP contribution in [0, 0.1) is 0 Å². The molecule has 1 fully saturated rings. The molecule has 6 nitrogen and oxygen atoms in total. The number of nitrogen functional groups attached to an aromatic ring is 1. The van der Waals surface area contributed by atoms with Crippen molar-refractivity contribution >= 4 is 17.5 Å². The lowest BCUT2D eigenvalue weighted by Crippen LogP contribution is -2.57. The Balaban J connectivity index is 2.28. The quantitative estimate of drug-likeness (QED) is 0.825. The highest BCUT2D eigenvalue weighted by Gasteiger charge is 2.31. The second kappa shape index (κ2) is 4.70. The summed E-state index contributed by atoms with van der Waals surface area (Å²) in [7, 11) is 2.09. The molecule has 1 aliphatic rings. The first kappa shape index (κ1) is 13.6. The fraction of sp³-hybridized carbons (Fsp3) is 0.538. The third-order valence-electron chi connectivity index (χ3n) is 3.79. The molecule has 0 unspecified atom stereocenters. The lowest BCUT2D eigenvalue weighted by Gasteiger charge is -2.45. The van der Waals surface area contributed by atoms with Gasteiger partial charge in [-0.25, -0.2) is 9.78 Å². The van der Waals surface area contributed by atoms with Gasteiger partial charge < -0.3 is 15.7 Å². The van der Waals surface area contributed by atoms with Crippen LogP contribution in [0.4, 0.5) is 11.5 Å². The van der Waals surface area contributed by atoms with Crippen LogP contribution in [0.15, 0.2) is 12.3 Å². The average Bonchev–Trinajstić information content (AvgIpc) is 2.33. The van der Waals surface area contributed by atoms with Crippen LogP contribution in [0.25, 0.3) is 0 Å². The molecule has 3 N–H and O–H groups in total. The molecule has 1 aromatic heterocycles. The number of carboxylic acid groups (broad SMARTS) is 1. The molecule has 6 heteroatoms. The smallest absolute Gasteiger partial charge is 0.337 e. The highest BCUT2D eigenvalue weighted by molar-refractivity contribution is 5.94. The molecule has 0 saturated carbocycles. The van der Waals surface area contributed by atoms with Gasteiger partial charge in [0.05, 0.1) is 17.4 Å². The standard InChI is InChI=1S/C13H20N4O2/c1-13(2)8-17(5-4-16(13)3)11-6-9(12(18)19)10(14)7-15-11/h6-7H,4-5,8,14H2,1-3H3,(H,18,19). The Hall–Kier alpha value is -1.82. The number of anilines is 2. The minimum Gasteiger partial charge on any atom is -0.478 e. The van der Waals surface area contributed by atoms with Crippen LogP contribution < -0.4 is 10.6 Å². The first-order chi connectivity index (χ1) is 8.81. The number of rotatable bonds is 2. The summed E-state index contributed by atoms with van der Waals surface area (Å²) in [6, 6.07) is 1.55. The van der Waals surface area contributed by atoms with Crippen molar-refractivity contribution in [2.75, 3.05) is 37.3 Å². The molecule has 1 saturated heterocycles. The number of carboxylic acids is 1. The van der Waals surface area contributed by atoms with E-state index in [1.54, 1.807) is 6.07 Å². The predicted octanol–water partition coefficient (Wildman–Crippen LogP) is 0.892. The van der Waals surface area contributed by atoms with E-state index in [0.29, 0.717) is 5.82 Å². The summed E-state index contributed by atoms with van der Waals surface area (Å²) < 4.78 is 0. The minimum atomic E-state index is -1.02. The monoisotopic (exact) mass is 264 g/mol. The van der Waals surface area contributed by atoms with Gasteiger partial charge in [0.1, 0.15) is 5.82 Å². The molecular weight excluding hydrogens is 244 g/mol. The summed E-state index contributed by atoms with van der Waals surface area (Å²) >= 11 is 0. The molecule has 0 spiro atoms. The molecule has 2 rings (SSSR count). The number of nitrogens with zero attached hydrogens (tertiary/aromatic N) is 3. The van der Waals surface area contributed by atoms with Gasteiger partial charge in [-0.2, -0.15) is 0 Å². The van der Waals surface area contributed by atoms with Gasteiger partial charge in [0.2, 0.25) is 0 Å². The maximum Gasteiger partial charge on any atom is 0.337 e. The molecule has 2 heterocycles. The van der Waals surface area contributed by atoms with Crippen LogP contribution in [0.1, 0.15) is 24.2 Å². The van der Waals surface area contributed by atoms with Crippen LogP contribution in [0.2, 0.25) is 0 Å². The van der Waals surface area contributed by atoms with Crippen molar-refractivity contribution in [1.29, 1.82) is 0 Å². The zero-order valence-corrected chi connectivity index (χ0v) is 11.6. The number of piperazine rings is 1. The Morgan fingerprint density at radius 1 is 1.47 bits per heavy atom. The van der Waals surface area contributed by atoms with Crippen LogP contribution in [0.3, 0.4) is 0 Å². The summed E-state index contributed by atoms with van der Waals surface area (Å²) in [5.74, 6) is -0.345. The molecule has 0 bridgehead atoms. The summed E-state index contributed by atoms with van der Waals surface area (Å²) in [6.45, 7) is 6.87. The van der Waals surface area contributed by atoms with E-state index >= 15 is 0 Å². The maximum absolute atomic E-state index is 11.1. The van der Waals surface area contributed by atoms with E-state index in [4.69, 9.17) is 10.8 Å². The number of pyridine rings is 1. The number of nitrogens with two attached hydrogens (primary N) is 1. The van der Waals surface area contributed by atoms with E-state index < -0.39 is 5.97 Å². The van der Waals surface area contributed by atoms with Gasteiger partial charge in [0, 0.05) is 25.2 Å². The van der Waals surface area contributed by atoms with Crippen LogP contribution in [-0.2, 0) is 0 Å². The Labute approximate surface area is 112 Å². The van der Waals surface area contributed by atoms with Crippen LogP contribution in [-0.4, -0.2) is 53.2 Å². The maximum atomic E-state index is 11.1. The number of aromatic nitrogens is 1. The number of carbonyl (C=O) groups is 1. The van der Waals surface area contributed by atoms with Crippen molar-refractivity contribution in [3.63, 3.8) is 0 Å². The average molecular weight is 264 g/mol. The van der Waals surface area contributed by atoms with Crippen molar-refractivity contribution in [3.05, 3.63) is 17.8 Å². The normalized spacial score (nSPS) is 19.4. The molecule has 0 radical (unpaired) electrons. The second-order valence-electron chi connectivity index (χ2n) is 5.59. The Kier molecular flexibility index (Phi) is 3.36. The lowest BCUT2D eigenvalue weighted by atomic mass is 9.99. The van der Waals surface area contributed by atoms with Gasteiger partial charge in [-0.1, -0.05) is 0 Å². The highest BCUT2D eigenvalue weighted by Crippen LogP contribution is 2.25. The van der Waals surface area contributed by atoms with Crippen molar-refractivity contribution in [3.8, 4) is 0 Å². The van der Waals surface area contributed by atoms with E-state index in [-0.39, 0.29) is 16.8 Å². The molecule has 0 amide bonds. The Morgan fingerprint density at radius 2 is 2.16 bits per heavy atom. The summed E-state index contributed by atoms with van der Waals surface area (Å²) in [6.07, 6.45) is 1.42. The van der Waals surface area contributed by atoms with Crippen molar-refractivity contribution < 1.29 is 9.90 Å². The fourth-order valence-electron chi connectivity index (χ4n) is 2.25. The van der Waals surface area contributed by atoms with Crippen molar-refractivity contribution in [1.82, 2.24) is 9.88 Å². The third-order valence-corrected chi connectivity index (χ3v) is 3.79. The van der Waals surface area contributed by atoms with Gasteiger partial charge in [0.25, 0.3) is 0 Å². The highest BCUT2D eigenvalue weighted by atomic mass is 16.4. The molecule has 1 aliphatic heterocycles. The lowest BCUT2D eigenvalue weighted by molar-refractivity contribution is 0.0698. The summed E-state index contributed by atoms with van der Waals surface area (Å²) in [5, 5.41) is 9.10. The Bertz CT molecular complexity index is 501. The van der Waals surface area contributed by atoms with E-state index in [1.807, 2.05) is 0 Å². The van der Waals surface area contributed by atoms with E-state index in [9.17, 15) is 4.79 Å². The molecule has 1 aromatic rings. The molecule has 0 aliphatic carbocycles. The van der Waals surface area contributed by atoms with Crippen molar-refractivity contribution in [2.45, 2.75) is 19.4 Å². The van der Waals surface area contributed by atoms with Crippen LogP contribution in [0.5, 0.6) is 0 Å². The molecule has 19 heavy (non-hydrogen) atoms. The molecule has 0 aromatic carbocycles. The first-order valence-corrected chi connectivity index (χ1v) is 6.26. The largest absolute Gasteiger partial charge is 0.478 e. The fourth-order valence-corrected chi connectivity index (χ4v) is 2.25. The molecule has 104 valence electrons. The number of hydrogen-bond acceptors (Lipinski definition) is 5. The van der Waals surface area contributed by atoms with Gasteiger partial charge in [-0.3, -0.25) is 4.90 Å². The van der Waals surface area contributed by atoms with Gasteiger partial charge in [-0.15, -0.1) is 0 Å². The van der Waals surface area contributed by atoms with Crippen LogP contribution >= 0.6 is 0 Å². The molecule has 0 atom stereocenters. The predicted molar refractivity (Wildman–Crippen MR) is 74.5 cm³/mol. The number of aromatic carboxylic acids is 1. The van der Waals surface area contributed by atoms with Gasteiger partial charge in [0.15, 0.2) is 0 Å². The second-order valence-corrected chi connectivity index (χ2v) is 5.59. The SMILES string of the molecule is CN1CCN(c2cc(C(=O)O)c(N)cn2)CC1(C)C. The van der Waals surface area contributed by atoms with Crippen molar-refractivity contribution in [2.24, 2.45) is 0 Å². The Morgan fingerprint density at radius 3 is 2.74 bits per heavy atom. The summed E-state index contributed by atoms with van der Waals surface area (Å²) in [5.41, 5.74) is 5.97. The minimum absolute atomic E-state index is 0.0324. The van der Waals surface area contributed by atoms with Gasteiger partial charge >= 0.3 is 5.97 Å². The molecular formula is C13H20N4O2. The van der Waals surface area contributed by atoms with Gasteiger partial charge in [-0.05, 0) is 27.0 Å². The number of likely N-dealkylation sites (N-methyl/N-ethyl adjacent to an activating group) is 1. The van der Waals surface area contributed by atoms with E-state index in [2.05, 4.69) is 35.7 Å². The van der Waals surface area contributed by atoms with E-state index in [0.717, 1.165) is 19.6 Å². The zero-order valence-electron chi connectivity index (χ0n) is 11.6.